The van der Waals surface area contributed by atoms with E-state index >= 15 is 0 Å². The number of benzene rings is 2. The molecule has 0 aromatic heterocycles. The van der Waals surface area contributed by atoms with Crippen LogP contribution < -0.4 is 10.5 Å². The highest BCUT2D eigenvalue weighted by atomic mass is 16.5. The summed E-state index contributed by atoms with van der Waals surface area (Å²) in [5.41, 5.74) is 11.1. The lowest BCUT2D eigenvalue weighted by molar-refractivity contribution is 0.0988. The van der Waals surface area contributed by atoms with Crippen LogP contribution in [-0.4, -0.2) is 31.6 Å². The van der Waals surface area contributed by atoms with Crippen LogP contribution in [0.1, 0.15) is 54.8 Å². The fraction of sp³-hybridized carbons (Fsp3) is 0.500. The third kappa shape index (κ3) is 3.76. The van der Waals surface area contributed by atoms with Crippen LogP contribution in [0, 0.1) is 5.41 Å². The Bertz CT molecular complexity index is 767. The Morgan fingerprint density at radius 1 is 1.11 bits per heavy atom. The van der Waals surface area contributed by atoms with E-state index in [4.69, 9.17) is 10.5 Å². The van der Waals surface area contributed by atoms with Crippen LogP contribution in [0.25, 0.3) is 0 Å². The first-order valence-electron chi connectivity index (χ1n) is 10.3. The van der Waals surface area contributed by atoms with E-state index in [0.29, 0.717) is 5.92 Å². The molecule has 1 unspecified atom stereocenters. The molecule has 2 aromatic rings. The van der Waals surface area contributed by atoms with E-state index in [1.54, 1.807) is 7.11 Å². The maximum absolute atomic E-state index is 6.78. The molecular formula is C24H32N2O. The summed E-state index contributed by atoms with van der Waals surface area (Å²) in [7, 11) is 1.73. The standard InChI is InChI=1S/C24H32N2O/c1-24(13-10-20-16-21(27-2)8-9-22(20)23(24)25)17-26-14-11-19(12-15-26)18-6-4-3-5-7-18/h3-9,16,19,23H,10-15,17,25H2,1-2H3/t23?,24-/m1/s1. The molecule has 0 amide bonds. The van der Waals surface area contributed by atoms with Crippen LogP contribution in [0.2, 0.25) is 0 Å². The molecule has 144 valence electrons. The molecule has 2 aromatic carbocycles. The first-order valence-corrected chi connectivity index (χ1v) is 10.3. The number of nitrogens with zero attached hydrogens (tertiary/aromatic N) is 1. The van der Waals surface area contributed by atoms with Gasteiger partial charge in [-0.05, 0) is 78.9 Å². The predicted molar refractivity (Wildman–Crippen MR) is 111 cm³/mol. The average molecular weight is 365 g/mol. The number of nitrogens with two attached hydrogens (primary N) is 1. The van der Waals surface area contributed by atoms with Crippen molar-refractivity contribution in [3.8, 4) is 5.75 Å². The van der Waals surface area contributed by atoms with Gasteiger partial charge in [-0.15, -0.1) is 0 Å². The Morgan fingerprint density at radius 3 is 2.56 bits per heavy atom. The van der Waals surface area contributed by atoms with Crippen molar-refractivity contribution in [3.63, 3.8) is 0 Å². The Hall–Kier alpha value is -1.84. The van der Waals surface area contributed by atoms with Gasteiger partial charge in [0.1, 0.15) is 5.75 Å². The van der Waals surface area contributed by atoms with Crippen LogP contribution in [0.4, 0.5) is 0 Å². The Kier molecular flexibility index (Phi) is 5.25. The van der Waals surface area contributed by atoms with Crippen molar-refractivity contribution >= 4 is 0 Å². The Balaban J connectivity index is 1.41. The highest BCUT2D eigenvalue weighted by molar-refractivity contribution is 5.40. The monoisotopic (exact) mass is 364 g/mol. The van der Waals surface area contributed by atoms with Crippen molar-refractivity contribution < 1.29 is 4.74 Å². The number of piperidine rings is 1. The Morgan fingerprint density at radius 2 is 1.85 bits per heavy atom. The lowest BCUT2D eigenvalue weighted by Crippen LogP contribution is -2.47. The van der Waals surface area contributed by atoms with Gasteiger partial charge < -0.3 is 15.4 Å². The summed E-state index contributed by atoms with van der Waals surface area (Å²) < 4.78 is 5.39. The highest BCUT2D eigenvalue weighted by Crippen LogP contribution is 2.44. The second-order valence-electron chi connectivity index (χ2n) is 8.66. The van der Waals surface area contributed by atoms with Crippen LogP contribution >= 0.6 is 0 Å². The molecule has 1 aliphatic carbocycles. The van der Waals surface area contributed by atoms with Crippen molar-refractivity contribution in [1.82, 2.24) is 4.90 Å². The number of likely N-dealkylation sites (tertiary alicyclic amines) is 1. The molecule has 1 fully saturated rings. The number of hydrogen-bond donors (Lipinski definition) is 1. The molecule has 2 aliphatic rings. The van der Waals surface area contributed by atoms with Gasteiger partial charge in [0.2, 0.25) is 0 Å². The van der Waals surface area contributed by atoms with Gasteiger partial charge in [0, 0.05) is 12.6 Å². The molecule has 2 atom stereocenters. The van der Waals surface area contributed by atoms with E-state index in [9.17, 15) is 0 Å². The maximum atomic E-state index is 6.78. The predicted octanol–water partition coefficient (Wildman–Crippen LogP) is 4.53. The van der Waals surface area contributed by atoms with Crippen molar-refractivity contribution in [2.75, 3.05) is 26.7 Å². The van der Waals surface area contributed by atoms with Gasteiger partial charge in [0.15, 0.2) is 0 Å². The number of rotatable bonds is 4. The molecule has 1 aliphatic heterocycles. The zero-order valence-electron chi connectivity index (χ0n) is 16.7. The van der Waals surface area contributed by atoms with E-state index in [1.165, 1.54) is 42.6 Å². The number of fused-ring (bicyclic) bond motifs is 1. The molecule has 27 heavy (non-hydrogen) atoms. The molecule has 0 spiro atoms. The SMILES string of the molecule is COc1ccc2c(c1)CC[C@](C)(CN1CCC(c3ccccc3)CC1)C2N. The molecule has 3 nitrogen and oxygen atoms in total. The quantitative estimate of drug-likeness (QED) is 0.866. The second-order valence-corrected chi connectivity index (χ2v) is 8.66. The minimum atomic E-state index is 0.0963. The minimum Gasteiger partial charge on any atom is -0.497 e. The number of methoxy groups -OCH3 is 1. The molecule has 0 saturated carbocycles. The fourth-order valence-corrected chi connectivity index (χ4v) is 5.02. The van der Waals surface area contributed by atoms with E-state index in [2.05, 4.69) is 60.4 Å². The zero-order valence-corrected chi connectivity index (χ0v) is 16.7. The molecule has 4 rings (SSSR count). The van der Waals surface area contributed by atoms with Crippen LogP contribution in [0.5, 0.6) is 5.75 Å². The Labute approximate surface area is 163 Å². The van der Waals surface area contributed by atoms with Crippen molar-refractivity contribution in [2.45, 2.75) is 44.6 Å². The number of aryl methyl sites for hydroxylation is 1. The van der Waals surface area contributed by atoms with Gasteiger partial charge in [-0.1, -0.05) is 43.3 Å². The molecule has 1 saturated heterocycles. The van der Waals surface area contributed by atoms with Gasteiger partial charge in [-0.2, -0.15) is 0 Å². The topological polar surface area (TPSA) is 38.5 Å². The summed E-state index contributed by atoms with van der Waals surface area (Å²) in [5, 5.41) is 0. The largest absolute Gasteiger partial charge is 0.497 e. The maximum Gasteiger partial charge on any atom is 0.119 e. The summed E-state index contributed by atoms with van der Waals surface area (Å²) in [6.07, 6.45) is 4.75. The number of ether oxygens (including phenoxy) is 1. The van der Waals surface area contributed by atoms with Crippen molar-refractivity contribution in [2.24, 2.45) is 11.1 Å². The average Bonchev–Trinajstić information content (AvgIpc) is 2.72. The van der Waals surface area contributed by atoms with E-state index in [0.717, 1.165) is 25.1 Å². The summed E-state index contributed by atoms with van der Waals surface area (Å²) in [4.78, 5) is 2.65. The first-order chi connectivity index (χ1) is 13.1. The fourth-order valence-electron chi connectivity index (χ4n) is 5.02. The van der Waals surface area contributed by atoms with Crippen LogP contribution in [0.3, 0.4) is 0 Å². The van der Waals surface area contributed by atoms with Crippen molar-refractivity contribution in [3.05, 3.63) is 65.2 Å². The van der Waals surface area contributed by atoms with Gasteiger partial charge in [0.25, 0.3) is 0 Å². The third-order valence-electron chi connectivity index (χ3n) is 6.84. The highest BCUT2D eigenvalue weighted by Gasteiger charge is 2.39. The van der Waals surface area contributed by atoms with Gasteiger partial charge in [-0.25, -0.2) is 0 Å². The van der Waals surface area contributed by atoms with E-state index in [1.807, 2.05) is 0 Å². The normalized spacial score (nSPS) is 26.6. The lowest BCUT2D eigenvalue weighted by Gasteiger charge is -2.45. The molecule has 2 N–H and O–H groups in total. The summed E-state index contributed by atoms with van der Waals surface area (Å²) in [5.74, 6) is 1.65. The van der Waals surface area contributed by atoms with E-state index < -0.39 is 0 Å². The van der Waals surface area contributed by atoms with Crippen LogP contribution in [-0.2, 0) is 6.42 Å². The van der Waals surface area contributed by atoms with Gasteiger partial charge >= 0.3 is 0 Å². The first kappa shape index (κ1) is 18.5. The van der Waals surface area contributed by atoms with Gasteiger partial charge in [-0.3, -0.25) is 0 Å². The molecule has 0 radical (unpaired) electrons. The zero-order chi connectivity index (χ0) is 18.9. The minimum absolute atomic E-state index is 0.0963. The molecule has 1 heterocycles. The smallest absolute Gasteiger partial charge is 0.119 e. The van der Waals surface area contributed by atoms with Gasteiger partial charge in [0.05, 0.1) is 7.11 Å². The molecular weight excluding hydrogens is 332 g/mol. The molecule has 0 bridgehead atoms. The summed E-state index contributed by atoms with van der Waals surface area (Å²) in [6.45, 7) is 5.84. The summed E-state index contributed by atoms with van der Waals surface area (Å²) >= 11 is 0. The van der Waals surface area contributed by atoms with Crippen molar-refractivity contribution in [1.29, 1.82) is 0 Å². The van der Waals surface area contributed by atoms with Crippen LogP contribution in [0.15, 0.2) is 48.5 Å². The third-order valence-corrected chi connectivity index (χ3v) is 6.84. The molecule has 3 heteroatoms. The van der Waals surface area contributed by atoms with E-state index in [-0.39, 0.29) is 11.5 Å². The summed E-state index contributed by atoms with van der Waals surface area (Å²) in [6, 6.07) is 17.5. The lowest BCUT2D eigenvalue weighted by atomic mass is 9.69. The second kappa shape index (κ2) is 7.65. The number of hydrogen-bond acceptors (Lipinski definition) is 3.